The highest BCUT2D eigenvalue weighted by Crippen LogP contribution is 2.36. The van der Waals surface area contributed by atoms with E-state index in [-0.39, 0.29) is 0 Å². The van der Waals surface area contributed by atoms with E-state index in [1.54, 1.807) is 5.57 Å². The summed E-state index contributed by atoms with van der Waals surface area (Å²) >= 11 is 0. The van der Waals surface area contributed by atoms with E-state index in [1.165, 1.54) is 24.0 Å². The Kier molecular flexibility index (Phi) is 2.72. The van der Waals surface area contributed by atoms with Gasteiger partial charge in [-0.3, -0.25) is 0 Å². The highest BCUT2D eigenvalue weighted by molar-refractivity contribution is 5.44. The van der Waals surface area contributed by atoms with Crippen LogP contribution in [0.25, 0.3) is 0 Å². The zero-order valence-corrected chi connectivity index (χ0v) is 8.92. The van der Waals surface area contributed by atoms with Crippen LogP contribution in [0.5, 0.6) is 0 Å². The predicted molar refractivity (Wildman–Crippen MR) is 62.1 cm³/mol. The molecule has 0 N–H and O–H groups in total. The molecule has 0 spiro atoms. The molecular weight excluding hydrogens is 168 g/mol. The normalized spacial score (nSPS) is 25.1. The summed E-state index contributed by atoms with van der Waals surface area (Å²) in [7, 11) is 0. The van der Waals surface area contributed by atoms with Crippen LogP contribution < -0.4 is 0 Å². The Balaban J connectivity index is 2.29. The minimum atomic E-state index is 0.594. The van der Waals surface area contributed by atoms with E-state index < -0.39 is 0 Å². The van der Waals surface area contributed by atoms with Crippen LogP contribution in [0.15, 0.2) is 47.6 Å². The summed E-state index contributed by atoms with van der Waals surface area (Å²) < 4.78 is 0. The third-order valence-electron chi connectivity index (χ3n) is 3.26. The Morgan fingerprint density at radius 1 is 1.43 bits per heavy atom. The summed E-state index contributed by atoms with van der Waals surface area (Å²) in [5.74, 6) is 0.594. The van der Waals surface area contributed by atoms with Gasteiger partial charge < -0.3 is 0 Å². The van der Waals surface area contributed by atoms with Crippen molar-refractivity contribution in [1.82, 2.24) is 0 Å². The molecule has 0 bridgehead atoms. The van der Waals surface area contributed by atoms with Gasteiger partial charge in [-0.1, -0.05) is 43.4 Å². The van der Waals surface area contributed by atoms with Crippen molar-refractivity contribution in [3.05, 3.63) is 47.6 Å². The zero-order chi connectivity index (χ0) is 9.97. The lowest BCUT2D eigenvalue weighted by molar-refractivity contribution is 0.685. The van der Waals surface area contributed by atoms with Crippen molar-refractivity contribution in [2.45, 2.75) is 32.6 Å². The fourth-order valence-corrected chi connectivity index (χ4v) is 2.33. The van der Waals surface area contributed by atoms with E-state index in [0.29, 0.717) is 5.92 Å². The standard InChI is InChI=1S/C14H18/c1-3-11(2)13-10-6-8-12-7-4-5-9-14(12)13/h5-6,8-9,13H,2-4,7,10H2,1H3. The molecule has 0 saturated carbocycles. The van der Waals surface area contributed by atoms with E-state index in [9.17, 15) is 0 Å². The Bertz CT molecular complexity index is 326. The van der Waals surface area contributed by atoms with Crippen molar-refractivity contribution in [1.29, 1.82) is 0 Å². The molecule has 2 aliphatic rings. The molecule has 0 aromatic carbocycles. The third-order valence-corrected chi connectivity index (χ3v) is 3.26. The first-order valence-electron chi connectivity index (χ1n) is 5.56. The highest BCUT2D eigenvalue weighted by Gasteiger charge is 2.20. The first-order valence-corrected chi connectivity index (χ1v) is 5.56. The summed E-state index contributed by atoms with van der Waals surface area (Å²) in [5, 5.41) is 0. The van der Waals surface area contributed by atoms with Gasteiger partial charge in [0.2, 0.25) is 0 Å². The second-order valence-corrected chi connectivity index (χ2v) is 4.12. The molecule has 0 heterocycles. The fourth-order valence-electron chi connectivity index (χ4n) is 2.33. The highest BCUT2D eigenvalue weighted by atomic mass is 14.2. The lowest BCUT2D eigenvalue weighted by Gasteiger charge is -2.26. The molecular formula is C14H18. The largest absolute Gasteiger partial charge is 0.0992 e. The average Bonchev–Trinajstić information content (AvgIpc) is 2.27. The van der Waals surface area contributed by atoms with Gasteiger partial charge in [-0.2, -0.15) is 0 Å². The maximum atomic E-state index is 4.19. The van der Waals surface area contributed by atoms with Crippen LogP contribution in [0.2, 0.25) is 0 Å². The number of hydrogen-bond donors (Lipinski definition) is 0. The summed E-state index contributed by atoms with van der Waals surface area (Å²) in [6, 6.07) is 0. The van der Waals surface area contributed by atoms with Crippen LogP contribution in [0, 0.1) is 5.92 Å². The van der Waals surface area contributed by atoms with Crippen molar-refractivity contribution in [2.75, 3.05) is 0 Å². The first kappa shape index (κ1) is 9.51. The second-order valence-electron chi connectivity index (χ2n) is 4.12. The molecule has 0 heteroatoms. The van der Waals surface area contributed by atoms with Crippen molar-refractivity contribution in [3.8, 4) is 0 Å². The van der Waals surface area contributed by atoms with Gasteiger partial charge in [0, 0.05) is 5.92 Å². The molecule has 1 atom stereocenters. The molecule has 74 valence electrons. The van der Waals surface area contributed by atoms with Crippen molar-refractivity contribution < 1.29 is 0 Å². The second kappa shape index (κ2) is 4.00. The van der Waals surface area contributed by atoms with Crippen LogP contribution in [-0.4, -0.2) is 0 Å². The monoisotopic (exact) mass is 186 g/mol. The molecule has 0 aliphatic heterocycles. The summed E-state index contributed by atoms with van der Waals surface area (Å²) in [6.45, 7) is 6.39. The molecule has 0 saturated heterocycles. The quantitative estimate of drug-likeness (QED) is 0.568. The topological polar surface area (TPSA) is 0 Å². The van der Waals surface area contributed by atoms with E-state index in [4.69, 9.17) is 0 Å². The maximum absolute atomic E-state index is 4.19. The first-order chi connectivity index (χ1) is 6.83. The number of rotatable bonds is 2. The minimum Gasteiger partial charge on any atom is -0.0992 e. The Morgan fingerprint density at radius 2 is 2.29 bits per heavy atom. The molecule has 14 heavy (non-hydrogen) atoms. The molecule has 2 aliphatic carbocycles. The van der Waals surface area contributed by atoms with Gasteiger partial charge in [-0.05, 0) is 36.8 Å². The van der Waals surface area contributed by atoms with E-state index >= 15 is 0 Å². The predicted octanol–water partition coefficient (Wildman–Crippen LogP) is 4.18. The lowest BCUT2D eigenvalue weighted by Crippen LogP contribution is -2.11. The Hall–Kier alpha value is -1.04. The maximum Gasteiger partial charge on any atom is 0.00825 e. The Morgan fingerprint density at radius 3 is 3.07 bits per heavy atom. The summed E-state index contributed by atoms with van der Waals surface area (Å²) in [4.78, 5) is 0. The van der Waals surface area contributed by atoms with Crippen molar-refractivity contribution in [3.63, 3.8) is 0 Å². The van der Waals surface area contributed by atoms with Crippen LogP contribution in [-0.2, 0) is 0 Å². The molecule has 0 aromatic heterocycles. The number of allylic oxidation sites excluding steroid dienone is 7. The van der Waals surface area contributed by atoms with Gasteiger partial charge in [-0.25, -0.2) is 0 Å². The fraction of sp³-hybridized carbons (Fsp3) is 0.429. The van der Waals surface area contributed by atoms with Crippen molar-refractivity contribution >= 4 is 0 Å². The zero-order valence-electron chi connectivity index (χ0n) is 8.92. The molecule has 1 unspecified atom stereocenters. The average molecular weight is 186 g/mol. The van der Waals surface area contributed by atoms with Gasteiger partial charge in [0.25, 0.3) is 0 Å². The van der Waals surface area contributed by atoms with E-state index in [0.717, 1.165) is 12.8 Å². The van der Waals surface area contributed by atoms with Gasteiger partial charge >= 0.3 is 0 Å². The van der Waals surface area contributed by atoms with E-state index in [2.05, 4.69) is 37.8 Å². The smallest absolute Gasteiger partial charge is 0.00825 e. The van der Waals surface area contributed by atoms with E-state index in [1.807, 2.05) is 0 Å². The van der Waals surface area contributed by atoms with Gasteiger partial charge in [0.05, 0.1) is 0 Å². The number of hydrogen-bond acceptors (Lipinski definition) is 0. The van der Waals surface area contributed by atoms with Crippen LogP contribution in [0.3, 0.4) is 0 Å². The van der Waals surface area contributed by atoms with Crippen LogP contribution in [0.1, 0.15) is 32.6 Å². The summed E-state index contributed by atoms with van der Waals surface area (Å²) in [6.07, 6.45) is 13.9. The molecule has 0 aromatic rings. The lowest BCUT2D eigenvalue weighted by atomic mass is 9.78. The van der Waals surface area contributed by atoms with Crippen molar-refractivity contribution in [2.24, 2.45) is 5.92 Å². The molecule has 2 rings (SSSR count). The Labute approximate surface area is 86.7 Å². The molecule has 0 fully saturated rings. The molecule has 0 radical (unpaired) electrons. The van der Waals surface area contributed by atoms with Crippen LogP contribution in [0.4, 0.5) is 0 Å². The van der Waals surface area contributed by atoms with Gasteiger partial charge in [0.15, 0.2) is 0 Å². The third kappa shape index (κ3) is 1.61. The van der Waals surface area contributed by atoms with Crippen LogP contribution >= 0.6 is 0 Å². The molecule has 0 nitrogen and oxygen atoms in total. The minimum absolute atomic E-state index is 0.594. The van der Waals surface area contributed by atoms with Gasteiger partial charge in [-0.15, -0.1) is 0 Å². The van der Waals surface area contributed by atoms with Gasteiger partial charge in [0.1, 0.15) is 0 Å². The molecule has 0 amide bonds. The SMILES string of the molecule is C=C(CC)C1CC=CC2=C1C=CCC2. The summed E-state index contributed by atoms with van der Waals surface area (Å²) in [5.41, 5.74) is 4.46.